The Labute approximate surface area is 116 Å². The summed E-state index contributed by atoms with van der Waals surface area (Å²) in [5.41, 5.74) is 0. The number of hydrogen-bond acceptors (Lipinski definition) is 3. The topological polar surface area (TPSA) is 36.5 Å². The first-order chi connectivity index (χ1) is 8.65. The Balaban J connectivity index is 2.18. The fourth-order valence-corrected chi connectivity index (χ4v) is 2.73. The molecule has 5 heteroatoms. The second-order valence-electron chi connectivity index (χ2n) is 5.09. The fourth-order valence-electron chi connectivity index (χ4n) is 2.36. The van der Waals surface area contributed by atoms with Crippen LogP contribution in [0.15, 0.2) is 0 Å². The van der Waals surface area contributed by atoms with Crippen LogP contribution in [0.4, 0.5) is 0 Å². The number of methoxy groups -OCH3 is 1. The van der Waals surface area contributed by atoms with Gasteiger partial charge in [-0.15, -0.1) is 0 Å². The third kappa shape index (κ3) is 5.98. The second kappa shape index (κ2) is 8.67. The van der Waals surface area contributed by atoms with Gasteiger partial charge in [0.1, 0.15) is 0 Å². The first-order valence-corrected chi connectivity index (χ1v) is 7.34. The minimum absolute atomic E-state index is 0.259. The van der Waals surface area contributed by atoms with Gasteiger partial charge in [0.2, 0.25) is 0 Å². The molecule has 1 atom stereocenters. The molecule has 0 radical (unpaired) electrons. The predicted molar refractivity (Wildman–Crippen MR) is 80.0 cm³/mol. The van der Waals surface area contributed by atoms with Crippen LogP contribution in [-0.4, -0.2) is 55.4 Å². The van der Waals surface area contributed by atoms with E-state index in [0.29, 0.717) is 12.6 Å². The molecule has 0 aromatic carbocycles. The Morgan fingerprint density at radius 2 is 2.11 bits per heavy atom. The molecule has 18 heavy (non-hydrogen) atoms. The van der Waals surface area contributed by atoms with Gasteiger partial charge < -0.3 is 20.3 Å². The SMILES string of the molecule is CCCN1CCC(NC(=S)NC(C)COC)CC1. The van der Waals surface area contributed by atoms with Gasteiger partial charge in [-0.1, -0.05) is 6.92 Å². The minimum Gasteiger partial charge on any atom is -0.383 e. The predicted octanol–water partition coefficient (Wildman–Crippen LogP) is 1.36. The molecule has 0 aromatic heterocycles. The van der Waals surface area contributed by atoms with Crippen molar-refractivity contribution in [1.29, 1.82) is 0 Å². The summed E-state index contributed by atoms with van der Waals surface area (Å²) in [6, 6.07) is 0.781. The maximum atomic E-state index is 5.31. The molecule has 2 N–H and O–H groups in total. The van der Waals surface area contributed by atoms with Gasteiger partial charge in [-0.3, -0.25) is 0 Å². The molecule has 0 bridgehead atoms. The Hall–Kier alpha value is -0.390. The third-order valence-corrected chi connectivity index (χ3v) is 3.49. The highest BCUT2D eigenvalue weighted by molar-refractivity contribution is 7.80. The van der Waals surface area contributed by atoms with Crippen molar-refractivity contribution in [3.63, 3.8) is 0 Å². The van der Waals surface area contributed by atoms with Gasteiger partial charge in [-0.25, -0.2) is 0 Å². The first kappa shape index (κ1) is 15.7. The molecule has 0 saturated carbocycles. The Bertz CT molecular complexity index is 242. The van der Waals surface area contributed by atoms with E-state index < -0.39 is 0 Å². The zero-order chi connectivity index (χ0) is 13.4. The molecule has 0 aromatic rings. The lowest BCUT2D eigenvalue weighted by Gasteiger charge is -2.33. The summed E-state index contributed by atoms with van der Waals surface area (Å²) in [7, 11) is 1.71. The molecule has 1 rings (SSSR count). The monoisotopic (exact) mass is 273 g/mol. The molecular weight excluding hydrogens is 246 g/mol. The van der Waals surface area contributed by atoms with E-state index in [-0.39, 0.29) is 6.04 Å². The van der Waals surface area contributed by atoms with Crippen molar-refractivity contribution in [2.45, 2.75) is 45.2 Å². The fraction of sp³-hybridized carbons (Fsp3) is 0.923. The molecular formula is C13H27N3OS. The van der Waals surface area contributed by atoms with Crippen LogP contribution in [0.1, 0.15) is 33.1 Å². The van der Waals surface area contributed by atoms with Crippen molar-refractivity contribution in [2.24, 2.45) is 0 Å². The van der Waals surface area contributed by atoms with Gasteiger partial charge in [-0.2, -0.15) is 0 Å². The molecule has 1 saturated heterocycles. The van der Waals surface area contributed by atoms with Crippen molar-refractivity contribution < 1.29 is 4.74 Å². The average molecular weight is 273 g/mol. The lowest BCUT2D eigenvalue weighted by Crippen LogP contribution is -2.50. The molecule has 1 unspecified atom stereocenters. The van der Waals surface area contributed by atoms with Gasteiger partial charge in [0, 0.05) is 32.3 Å². The van der Waals surface area contributed by atoms with E-state index in [0.717, 1.165) is 5.11 Å². The molecule has 0 aliphatic carbocycles. The van der Waals surface area contributed by atoms with Crippen LogP contribution in [0.3, 0.4) is 0 Å². The third-order valence-electron chi connectivity index (χ3n) is 3.26. The van der Waals surface area contributed by atoms with Crippen LogP contribution in [0.5, 0.6) is 0 Å². The van der Waals surface area contributed by atoms with E-state index in [1.54, 1.807) is 7.11 Å². The van der Waals surface area contributed by atoms with Crippen molar-refractivity contribution in [1.82, 2.24) is 15.5 Å². The zero-order valence-electron chi connectivity index (χ0n) is 11.9. The maximum Gasteiger partial charge on any atom is 0.166 e. The Kier molecular flexibility index (Phi) is 7.54. The van der Waals surface area contributed by atoms with Crippen LogP contribution in [0.25, 0.3) is 0 Å². The van der Waals surface area contributed by atoms with Crippen LogP contribution in [0, 0.1) is 0 Å². The number of hydrogen-bond donors (Lipinski definition) is 2. The van der Waals surface area contributed by atoms with Crippen LogP contribution >= 0.6 is 12.2 Å². The summed E-state index contributed by atoms with van der Waals surface area (Å²) in [5, 5.41) is 7.41. The van der Waals surface area contributed by atoms with Gasteiger partial charge in [0.05, 0.1) is 6.61 Å². The van der Waals surface area contributed by atoms with Crippen LogP contribution < -0.4 is 10.6 Å². The summed E-state index contributed by atoms with van der Waals surface area (Å²) in [5.74, 6) is 0. The number of rotatable bonds is 6. The first-order valence-electron chi connectivity index (χ1n) is 6.94. The van der Waals surface area contributed by atoms with Crippen LogP contribution in [0.2, 0.25) is 0 Å². The summed E-state index contributed by atoms with van der Waals surface area (Å²) >= 11 is 5.31. The van der Waals surface area contributed by atoms with Crippen molar-refractivity contribution in [3.8, 4) is 0 Å². The zero-order valence-corrected chi connectivity index (χ0v) is 12.7. The highest BCUT2D eigenvalue weighted by Gasteiger charge is 2.19. The highest BCUT2D eigenvalue weighted by atomic mass is 32.1. The summed E-state index contributed by atoms with van der Waals surface area (Å²) in [6.07, 6.45) is 3.60. The molecule has 0 spiro atoms. The summed E-state index contributed by atoms with van der Waals surface area (Å²) < 4.78 is 5.08. The molecule has 106 valence electrons. The smallest absolute Gasteiger partial charge is 0.166 e. The lowest BCUT2D eigenvalue weighted by atomic mass is 10.1. The summed E-state index contributed by atoms with van der Waals surface area (Å²) in [4.78, 5) is 2.53. The van der Waals surface area contributed by atoms with E-state index in [2.05, 4.69) is 29.4 Å². The lowest BCUT2D eigenvalue weighted by molar-refractivity contribution is 0.178. The van der Waals surface area contributed by atoms with Crippen LogP contribution in [-0.2, 0) is 4.74 Å². The van der Waals surface area contributed by atoms with Gasteiger partial charge in [0.25, 0.3) is 0 Å². The standard InChI is InChI=1S/C13H27N3OS/c1-4-7-16-8-5-12(6-9-16)15-13(18)14-11(2)10-17-3/h11-12H,4-10H2,1-3H3,(H2,14,15,18). The van der Waals surface area contributed by atoms with Crippen molar-refractivity contribution in [2.75, 3.05) is 33.4 Å². The van der Waals surface area contributed by atoms with Gasteiger partial charge >= 0.3 is 0 Å². The van der Waals surface area contributed by atoms with E-state index in [4.69, 9.17) is 17.0 Å². The highest BCUT2D eigenvalue weighted by Crippen LogP contribution is 2.10. The quantitative estimate of drug-likeness (QED) is 0.715. The molecule has 1 heterocycles. The van der Waals surface area contributed by atoms with E-state index in [9.17, 15) is 0 Å². The van der Waals surface area contributed by atoms with E-state index in [1.165, 1.54) is 38.9 Å². The number of piperidine rings is 1. The van der Waals surface area contributed by atoms with E-state index >= 15 is 0 Å². The number of likely N-dealkylation sites (tertiary alicyclic amines) is 1. The molecule has 0 amide bonds. The molecule has 4 nitrogen and oxygen atoms in total. The number of nitrogens with one attached hydrogen (secondary N) is 2. The molecule has 1 aliphatic rings. The summed E-state index contributed by atoms with van der Waals surface area (Å²) in [6.45, 7) is 8.57. The number of nitrogens with zero attached hydrogens (tertiary/aromatic N) is 1. The second-order valence-corrected chi connectivity index (χ2v) is 5.50. The van der Waals surface area contributed by atoms with E-state index in [1.807, 2.05) is 0 Å². The minimum atomic E-state index is 0.259. The van der Waals surface area contributed by atoms with Gasteiger partial charge in [0.15, 0.2) is 5.11 Å². The number of thiocarbonyl (C=S) groups is 1. The molecule has 1 aliphatic heterocycles. The Morgan fingerprint density at radius 3 is 2.67 bits per heavy atom. The molecule has 1 fully saturated rings. The number of ether oxygens (including phenoxy) is 1. The largest absolute Gasteiger partial charge is 0.383 e. The Morgan fingerprint density at radius 1 is 1.44 bits per heavy atom. The average Bonchev–Trinajstić information content (AvgIpc) is 2.32. The van der Waals surface area contributed by atoms with Gasteiger partial charge in [-0.05, 0) is 44.9 Å². The normalized spacial score (nSPS) is 19.5. The van der Waals surface area contributed by atoms with Crippen molar-refractivity contribution in [3.05, 3.63) is 0 Å². The maximum absolute atomic E-state index is 5.31. The van der Waals surface area contributed by atoms with Crippen molar-refractivity contribution >= 4 is 17.3 Å².